The maximum atomic E-state index is 13.5. The zero-order valence-electron chi connectivity index (χ0n) is 15.4. The fourth-order valence-electron chi connectivity index (χ4n) is 2.82. The van der Waals surface area contributed by atoms with Crippen LogP contribution in [0, 0.1) is 11.3 Å². The number of halogens is 2. The summed E-state index contributed by atoms with van der Waals surface area (Å²) in [6.45, 7) is 0. The van der Waals surface area contributed by atoms with Crippen molar-refractivity contribution in [2.75, 3.05) is 17.3 Å². The second-order valence-electron chi connectivity index (χ2n) is 6.62. The molecule has 0 aromatic carbocycles. The molecule has 3 heterocycles. The minimum absolute atomic E-state index is 0.0573. The number of fused-ring (bicyclic) bond motifs is 1. The van der Waals surface area contributed by atoms with Gasteiger partial charge in [0.2, 0.25) is 5.91 Å². The summed E-state index contributed by atoms with van der Waals surface area (Å²) in [5, 5.41) is 17.3. The summed E-state index contributed by atoms with van der Waals surface area (Å²) < 4.78 is 50.9. The van der Waals surface area contributed by atoms with Gasteiger partial charge in [-0.15, -0.1) is 0 Å². The predicted molar refractivity (Wildman–Crippen MR) is 98.5 cm³/mol. The number of rotatable bonds is 5. The molecule has 11 nitrogen and oxygen atoms in total. The molecule has 0 fully saturated rings. The first-order valence-electron chi connectivity index (χ1n) is 8.32. The number of carbonyl (C=O) groups is 2. The van der Waals surface area contributed by atoms with E-state index in [4.69, 9.17) is 11.0 Å². The Hall–Kier alpha value is -3.44. The van der Waals surface area contributed by atoms with E-state index in [1.165, 1.54) is 18.3 Å². The van der Waals surface area contributed by atoms with Gasteiger partial charge in [-0.05, 0) is 12.1 Å². The monoisotopic (exact) mass is 439 g/mol. The van der Waals surface area contributed by atoms with Gasteiger partial charge in [0.05, 0.1) is 11.3 Å². The van der Waals surface area contributed by atoms with Gasteiger partial charge in [-0.3, -0.25) is 15.3 Å². The van der Waals surface area contributed by atoms with E-state index in [0.29, 0.717) is 0 Å². The number of carbonyl (C=O) groups excluding carboxylic acids is 2. The lowest BCUT2D eigenvalue weighted by Crippen LogP contribution is -2.56. The van der Waals surface area contributed by atoms with Crippen molar-refractivity contribution in [1.29, 1.82) is 5.26 Å². The van der Waals surface area contributed by atoms with Crippen LogP contribution < -0.4 is 16.4 Å². The zero-order valence-corrected chi connectivity index (χ0v) is 16.2. The number of aromatic nitrogens is 3. The molecule has 1 atom stereocenters. The summed E-state index contributed by atoms with van der Waals surface area (Å²) in [4.78, 5) is 28.7. The van der Waals surface area contributed by atoms with Crippen molar-refractivity contribution >= 4 is 27.5 Å². The van der Waals surface area contributed by atoms with Crippen molar-refractivity contribution in [3.8, 4) is 11.9 Å². The van der Waals surface area contributed by atoms with Crippen LogP contribution in [-0.4, -0.2) is 59.1 Å². The summed E-state index contributed by atoms with van der Waals surface area (Å²) in [6.07, 6.45) is 1.61. The lowest BCUT2D eigenvalue weighted by atomic mass is 10.0. The Morgan fingerprint density at radius 2 is 2.20 bits per heavy atom. The number of nitriles is 1. The molecular formula is C16H15F2N7O4S. The van der Waals surface area contributed by atoms with Gasteiger partial charge in [0.25, 0.3) is 5.91 Å². The number of alkyl halides is 2. The Balaban J connectivity index is 2.10. The second-order valence-corrected chi connectivity index (χ2v) is 8.76. The molecule has 0 bridgehead atoms. The van der Waals surface area contributed by atoms with Gasteiger partial charge in [0.1, 0.15) is 23.4 Å². The van der Waals surface area contributed by atoms with Crippen LogP contribution in [0.3, 0.4) is 0 Å². The van der Waals surface area contributed by atoms with E-state index in [1.807, 2.05) is 6.07 Å². The van der Waals surface area contributed by atoms with Crippen molar-refractivity contribution in [3.05, 3.63) is 35.2 Å². The summed E-state index contributed by atoms with van der Waals surface area (Å²) in [5.74, 6) is -3.00. The van der Waals surface area contributed by atoms with E-state index in [0.717, 1.165) is 10.9 Å². The average Bonchev–Trinajstić information content (AvgIpc) is 2.98. The third-order valence-corrected chi connectivity index (χ3v) is 4.88. The molecule has 2 aromatic rings. The standard InChI is InChI=1S/C16H15F2N7O4S/c1-30(28,29)7-12(26)23-14-13-9(4-10(16(17,18)20)22-15(13)27)24-25(14)11-3-2-8(5-19)6-21-11/h2-3,6,10H,4,7,20H2,1H3,(H,22,27)(H,23,26)/t10-/m1/s1. The second kappa shape index (κ2) is 7.43. The first kappa shape index (κ1) is 21.3. The maximum absolute atomic E-state index is 13.5. The van der Waals surface area contributed by atoms with Gasteiger partial charge in [0, 0.05) is 18.9 Å². The van der Waals surface area contributed by atoms with Crippen molar-refractivity contribution in [1.82, 2.24) is 20.1 Å². The normalized spacial score (nSPS) is 16.4. The van der Waals surface area contributed by atoms with Crippen LogP contribution in [-0.2, 0) is 21.1 Å². The van der Waals surface area contributed by atoms with Crippen LogP contribution in [0.25, 0.3) is 5.82 Å². The molecule has 30 heavy (non-hydrogen) atoms. The first-order valence-corrected chi connectivity index (χ1v) is 10.4. The van der Waals surface area contributed by atoms with Crippen molar-refractivity contribution < 1.29 is 26.8 Å². The number of hydrogen-bond donors (Lipinski definition) is 3. The van der Waals surface area contributed by atoms with Crippen LogP contribution in [0.5, 0.6) is 0 Å². The highest BCUT2D eigenvalue weighted by Crippen LogP contribution is 2.30. The number of hydrogen-bond acceptors (Lipinski definition) is 8. The highest BCUT2D eigenvalue weighted by molar-refractivity contribution is 7.91. The molecule has 14 heteroatoms. The molecule has 0 spiro atoms. The zero-order chi connectivity index (χ0) is 22.3. The number of nitrogens with one attached hydrogen (secondary N) is 2. The van der Waals surface area contributed by atoms with Crippen LogP contribution >= 0.6 is 0 Å². The first-order chi connectivity index (χ1) is 13.9. The molecule has 0 radical (unpaired) electrons. The summed E-state index contributed by atoms with van der Waals surface area (Å²) in [7, 11) is -3.69. The Labute approximate surface area is 168 Å². The van der Waals surface area contributed by atoms with Crippen LogP contribution in [0.2, 0.25) is 0 Å². The minimum atomic E-state index is -3.72. The third kappa shape index (κ3) is 4.42. The molecule has 2 amide bonds. The highest BCUT2D eigenvalue weighted by atomic mass is 32.2. The number of amides is 2. The summed E-state index contributed by atoms with van der Waals surface area (Å²) >= 11 is 0. The molecule has 2 aromatic heterocycles. The van der Waals surface area contributed by atoms with Gasteiger partial charge < -0.3 is 10.6 Å². The lowest BCUT2D eigenvalue weighted by Gasteiger charge is -2.27. The van der Waals surface area contributed by atoms with E-state index < -0.39 is 45.9 Å². The molecule has 1 aliphatic heterocycles. The van der Waals surface area contributed by atoms with E-state index >= 15 is 0 Å². The van der Waals surface area contributed by atoms with Gasteiger partial charge in [-0.2, -0.15) is 23.8 Å². The minimum Gasteiger partial charge on any atom is -0.341 e. The molecule has 0 saturated heterocycles. The largest absolute Gasteiger partial charge is 0.341 e. The predicted octanol–water partition coefficient (Wildman–Crippen LogP) is -0.672. The average molecular weight is 439 g/mol. The topological polar surface area (TPSA) is 173 Å². The number of anilines is 1. The highest BCUT2D eigenvalue weighted by Gasteiger charge is 2.43. The van der Waals surface area contributed by atoms with Crippen molar-refractivity contribution in [2.24, 2.45) is 5.73 Å². The summed E-state index contributed by atoms with van der Waals surface area (Å²) in [6, 6.07) is -0.831. The number of nitrogens with zero attached hydrogens (tertiary/aromatic N) is 4. The lowest BCUT2D eigenvalue weighted by molar-refractivity contribution is -0.113. The molecular weight excluding hydrogens is 424 g/mol. The molecule has 158 valence electrons. The van der Waals surface area contributed by atoms with Gasteiger partial charge in [-0.25, -0.2) is 13.4 Å². The van der Waals surface area contributed by atoms with Crippen LogP contribution in [0.15, 0.2) is 18.3 Å². The Bertz CT molecular complexity index is 1160. The molecule has 0 unspecified atom stereocenters. The maximum Gasteiger partial charge on any atom is 0.320 e. The quantitative estimate of drug-likeness (QED) is 0.514. The Kier molecular flexibility index (Phi) is 5.27. The smallest absolute Gasteiger partial charge is 0.320 e. The SMILES string of the molecule is CS(=O)(=O)CC(=O)Nc1c2c(nn1-c1ccc(C#N)cn1)C[C@H](C(N)(F)F)NC2=O. The van der Waals surface area contributed by atoms with E-state index in [1.54, 1.807) is 0 Å². The summed E-state index contributed by atoms with van der Waals surface area (Å²) in [5.41, 5.74) is 4.72. The molecule has 4 N–H and O–H groups in total. The van der Waals surface area contributed by atoms with Gasteiger partial charge in [0.15, 0.2) is 21.5 Å². The van der Waals surface area contributed by atoms with E-state index in [9.17, 15) is 26.8 Å². The Morgan fingerprint density at radius 1 is 1.50 bits per heavy atom. The molecule has 3 rings (SSSR count). The van der Waals surface area contributed by atoms with Crippen molar-refractivity contribution in [2.45, 2.75) is 18.5 Å². The number of sulfone groups is 1. The fraction of sp³-hybridized carbons (Fsp3) is 0.312. The van der Waals surface area contributed by atoms with Gasteiger partial charge >= 0.3 is 6.05 Å². The van der Waals surface area contributed by atoms with E-state index in [-0.39, 0.29) is 28.5 Å². The molecule has 1 aliphatic rings. The third-order valence-electron chi connectivity index (χ3n) is 4.10. The number of pyridine rings is 1. The number of nitrogens with two attached hydrogens (primary N) is 1. The van der Waals surface area contributed by atoms with E-state index in [2.05, 4.69) is 20.7 Å². The Morgan fingerprint density at radius 3 is 2.73 bits per heavy atom. The molecule has 0 aliphatic carbocycles. The fourth-order valence-corrected chi connectivity index (χ4v) is 3.37. The van der Waals surface area contributed by atoms with Crippen LogP contribution in [0.4, 0.5) is 14.6 Å². The molecule has 0 saturated carbocycles. The van der Waals surface area contributed by atoms with Crippen molar-refractivity contribution in [3.63, 3.8) is 0 Å². The van der Waals surface area contributed by atoms with Gasteiger partial charge in [-0.1, -0.05) is 0 Å². The van der Waals surface area contributed by atoms with Crippen LogP contribution in [0.1, 0.15) is 21.6 Å².